The summed E-state index contributed by atoms with van der Waals surface area (Å²) in [5.74, 6) is 0.774. The van der Waals surface area contributed by atoms with Crippen LogP contribution in [0, 0.1) is 6.92 Å². The monoisotopic (exact) mass is 486 g/mol. The van der Waals surface area contributed by atoms with Gasteiger partial charge in [0.2, 0.25) is 5.91 Å². The molecule has 0 bridgehead atoms. The fourth-order valence-electron chi connectivity index (χ4n) is 2.83. The number of aryl methyl sites for hydroxylation is 1. The third kappa shape index (κ3) is 6.59. The minimum Gasteiger partial charge on any atom is -0.486 e. The number of methoxy groups -OCH3 is 1. The Kier molecular flexibility index (Phi) is 8.51. The SMILES string of the molecule is C=CCn1c(COc2ccc(Cl)c(C)c2)nnc1SCC(=O)Nc1ccc(C(=O)OC)cc1. The Morgan fingerprint density at radius 1 is 1.21 bits per heavy atom. The maximum absolute atomic E-state index is 12.4. The second-order valence-corrected chi connectivity index (χ2v) is 8.25. The number of thioether (sulfide) groups is 1. The summed E-state index contributed by atoms with van der Waals surface area (Å²) in [6.45, 7) is 6.37. The highest BCUT2D eigenvalue weighted by atomic mass is 35.5. The molecule has 0 saturated heterocycles. The second kappa shape index (κ2) is 11.5. The maximum atomic E-state index is 12.4. The topological polar surface area (TPSA) is 95.3 Å². The van der Waals surface area contributed by atoms with Gasteiger partial charge in [-0.05, 0) is 55.0 Å². The van der Waals surface area contributed by atoms with Gasteiger partial charge in [0, 0.05) is 17.3 Å². The highest BCUT2D eigenvalue weighted by Crippen LogP contribution is 2.23. The van der Waals surface area contributed by atoms with E-state index in [0.717, 1.165) is 5.56 Å². The predicted molar refractivity (Wildman–Crippen MR) is 128 cm³/mol. The van der Waals surface area contributed by atoms with E-state index in [-0.39, 0.29) is 18.3 Å². The van der Waals surface area contributed by atoms with Gasteiger partial charge in [0.15, 0.2) is 11.0 Å². The van der Waals surface area contributed by atoms with E-state index < -0.39 is 5.97 Å². The van der Waals surface area contributed by atoms with E-state index in [2.05, 4.69) is 26.8 Å². The van der Waals surface area contributed by atoms with Crippen LogP contribution in [0.4, 0.5) is 5.69 Å². The Morgan fingerprint density at radius 2 is 1.97 bits per heavy atom. The van der Waals surface area contributed by atoms with Crippen LogP contribution in [0.25, 0.3) is 0 Å². The molecule has 0 radical (unpaired) electrons. The van der Waals surface area contributed by atoms with Crippen molar-refractivity contribution in [2.24, 2.45) is 0 Å². The molecule has 0 aliphatic carbocycles. The van der Waals surface area contributed by atoms with Gasteiger partial charge in [-0.2, -0.15) is 0 Å². The van der Waals surface area contributed by atoms with Crippen LogP contribution < -0.4 is 10.1 Å². The van der Waals surface area contributed by atoms with Gasteiger partial charge in [-0.15, -0.1) is 16.8 Å². The summed E-state index contributed by atoms with van der Waals surface area (Å²) in [5.41, 5.74) is 1.91. The van der Waals surface area contributed by atoms with Gasteiger partial charge < -0.3 is 14.8 Å². The molecule has 0 spiro atoms. The number of allylic oxidation sites excluding steroid dienone is 1. The molecular weight excluding hydrogens is 464 g/mol. The lowest BCUT2D eigenvalue weighted by Crippen LogP contribution is -2.15. The Labute approximate surface area is 200 Å². The van der Waals surface area contributed by atoms with E-state index in [4.69, 9.17) is 16.3 Å². The summed E-state index contributed by atoms with van der Waals surface area (Å²) in [4.78, 5) is 23.9. The van der Waals surface area contributed by atoms with Gasteiger partial charge in [0.05, 0.1) is 18.4 Å². The average molecular weight is 487 g/mol. The molecule has 3 rings (SSSR count). The van der Waals surface area contributed by atoms with E-state index >= 15 is 0 Å². The molecule has 0 fully saturated rings. The minimum atomic E-state index is -0.434. The van der Waals surface area contributed by atoms with Crippen LogP contribution in [0.5, 0.6) is 5.75 Å². The van der Waals surface area contributed by atoms with Gasteiger partial charge in [-0.3, -0.25) is 9.36 Å². The maximum Gasteiger partial charge on any atom is 0.337 e. The number of esters is 1. The third-order valence-corrected chi connectivity index (χ3v) is 5.92. The number of rotatable bonds is 10. The van der Waals surface area contributed by atoms with Gasteiger partial charge in [-0.25, -0.2) is 4.79 Å². The Hall–Kier alpha value is -3.30. The molecule has 0 saturated carbocycles. The summed E-state index contributed by atoms with van der Waals surface area (Å²) in [7, 11) is 1.32. The molecule has 1 N–H and O–H groups in total. The van der Waals surface area contributed by atoms with E-state index in [9.17, 15) is 9.59 Å². The number of ether oxygens (including phenoxy) is 2. The van der Waals surface area contributed by atoms with E-state index in [1.54, 1.807) is 42.5 Å². The second-order valence-electron chi connectivity index (χ2n) is 6.90. The number of nitrogens with one attached hydrogen (secondary N) is 1. The van der Waals surface area contributed by atoms with Gasteiger partial charge in [0.25, 0.3) is 0 Å². The van der Waals surface area contributed by atoms with Crippen LogP contribution in [0.3, 0.4) is 0 Å². The molecule has 2 aromatic carbocycles. The molecule has 172 valence electrons. The summed E-state index contributed by atoms with van der Waals surface area (Å²) < 4.78 is 12.3. The summed E-state index contributed by atoms with van der Waals surface area (Å²) in [5, 5.41) is 12.4. The van der Waals surface area contributed by atoms with E-state index in [1.165, 1.54) is 18.9 Å². The number of hydrogen-bond acceptors (Lipinski definition) is 7. The molecule has 0 aliphatic rings. The number of halogens is 1. The molecule has 1 aromatic heterocycles. The van der Waals surface area contributed by atoms with Crippen molar-refractivity contribution in [2.45, 2.75) is 25.2 Å². The predicted octanol–water partition coefficient (Wildman–Crippen LogP) is 4.52. The molecular formula is C23H23ClN4O4S. The van der Waals surface area contributed by atoms with Crippen molar-refractivity contribution in [1.29, 1.82) is 0 Å². The normalized spacial score (nSPS) is 10.5. The molecule has 1 amide bonds. The quantitative estimate of drug-likeness (QED) is 0.255. The van der Waals surface area contributed by atoms with E-state index in [1.807, 2.05) is 17.6 Å². The van der Waals surface area contributed by atoms with Gasteiger partial charge in [0.1, 0.15) is 12.4 Å². The van der Waals surface area contributed by atoms with Crippen LogP contribution in [0.1, 0.15) is 21.7 Å². The highest BCUT2D eigenvalue weighted by molar-refractivity contribution is 7.99. The molecule has 33 heavy (non-hydrogen) atoms. The smallest absolute Gasteiger partial charge is 0.337 e. The Bertz CT molecular complexity index is 1150. The fraction of sp³-hybridized carbons (Fsp3) is 0.217. The number of benzene rings is 2. The van der Waals surface area contributed by atoms with Crippen LogP contribution in [-0.2, 0) is 22.7 Å². The number of carbonyl (C=O) groups is 2. The largest absolute Gasteiger partial charge is 0.486 e. The first-order chi connectivity index (χ1) is 15.9. The zero-order valence-electron chi connectivity index (χ0n) is 18.2. The summed E-state index contributed by atoms with van der Waals surface area (Å²) in [6, 6.07) is 11.9. The number of anilines is 1. The van der Waals surface area contributed by atoms with Crippen molar-refractivity contribution in [3.8, 4) is 5.75 Å². The van der Waals surface area contributed by atoms with Crippen LogP contribution in [0.2, 0.25) is 5.02 Å². The van der Waals surface area contributed by atoms with Crippen molar-refractivity contribution in [2.75, 3.05) is 18.2 Å². The molecule has 8 nitrogen and oxygen atoms in total. The summed E-state index contributed by atoms with van der Waals surface area (Å²) in [6.07, 6.45) is 1.73. The third-order valence-electron chi connectivity index (χ3n) is 4.52. The number of aromatic nitrogens is 3. The van der Waals surface area contributed by atoms with Crippen LogP contribution in [-0.4, -0.2) is 39.5 Å². The van der Waals surface area contributed by atoms with Crippen molar-refractivity contribution in [1.82, 2.24) is 14.8 Å². The zero-order valence-corrected chi connectivity index (χ0v) is 19.8. The molecule has 1 heterocycles. The summed E-state index contributed by atoms with van der Waals surface area (Å²) >= 11 is 7.31. The van der Waals surface area contributed by atoms with Crippen molar-refractivity contribution in [3.05, 3.63) is 77.1 Å². The lowest BCUT2D eigenvalue weighted by atomic mass is 10.2. The Morgan fingerprint density at radius 3 is 2.64 bits per heavy atom. The van der Waals surface area contributed by atoms with Gasteiger partial charge >= 0.3 is 5.97 Å². The van der Waals surface area contributed by atoms with Crippen molar-refractivity contribution >= 4 is 40.9 Å². The number of carbonyl (C=O) groups excluding carboxylic acids is 2. The highest BCUT2D eigenvalue weighted by Gasteiger charge is 2.15. The first-order valence-corrected chi connectivity index (χ1v) is 11.3. The van der Waals surface area contributed by atoms with Crippen molar-refractivity contribution in [3.63, 3.8) is 0 Å². The lowest BCUT2D eigenvalue weighted by molar-refractivity contribution is -0.113. The zero-order chi connectivity index (χ0) is 23.8. The molecule has 10 heteroatoms. The average Bonchev–Trinajstić information content (AvgIpc) is 3.20. The fourth-order valence-corrected chi connectivity index (χ4v) is 3.72. The number of amides is 1. The molecule has 0 aliphatic heterocycles. The minimum absolute atomic E-state index is 0.130. The molecule has 0 unspecified atom stereocenters. The van der Waals surface area contributed by atoms with E-state index in [0.29, 0.717) is 39.5 Å². The van der Waals surface area contributed by atoms with Gasteiger partial charge in [-0.1, -0.05) is 29.4 Å². The number of hydrogen-bond donors (Lipinski definition) is 1. The molecule has 3 aromatic rings. The van der Waals surface area contributed by atoms with Crippen LogP contribution in [0.15, 0.2) is 60.3 Å². The van der Waals surface area contributed by atoms with Crippen LogP contribution >= 0.6 is 23.4 Å². The lowest BCUT2D eigenvalue weighted by Gasteiger charge is -2.10. The first kappa shape index (κ1) is 24.3. The standard InChI is InChI=1S/C23H23ClN4O4S/c1-4-11-28-20(13-32-18-9-10-19(24)15(2)12-18)26-27-23(28)33-14-21(29)25-17-7-5-16(6-8-17)22(30)31-3/h4-10,12H,1,11,13-14H2,2-3H3,(H,25,29). The molecule has 0 atom stereocenters. The first-order valence-electron chi connectivity index (χ1n) is 9.94. The van der Waals surface area contributed by atoms with Crippen molar-refractivity contribution < 1.29 is 19.1 Å². The number of nitrogens with zero attached hydrogens (tertiary/aromatic N) is 3. The Balaban J connectivity index is 1.59.